The van der Waals surface area contributed by atoms with Crippen LogP contribution in [0.25, 0.3) is 0 Å². The van der Waals surface area contributed by atoms with E-state index in [2.05, 4.69) is 9.62 Å². The number of nitrogens with zero attached hydrogens (tertiary/aromatic N) is 1. The monoisotopic (exact) mass is 376 g/mol. The molecule has 1 aliphatic rings. The van der Waals surface area contributed by atoms with Gasteiger partial charge < -0.3 is 14.4 Å². The molecular weight excluding hydrogens is 352 g/mol. The molecule has 7 heteroatoms. The van der Waals surface area contributed by atoms with E-state index in [4.69, 9.17) is 9.47 Å². The largest absolute Gasteiger partial charge is 0.496 e. The zero-order valence-corrected chi connectivity index (χ0v) is 16.1. The van der Waals surface area contributed by atoms with Crippen molar-refractivity contribution in [3.05, 3.63) is 47.5 Å². The lowest BCUT2D eigenvalue weighted by atomic mass is 10.1. The Morgan fingerprint density at radius 2 is 1.81 bits per heavy atom. The molecule has 0 aliphatic carbocycles. The summed E-state index contributed by atoms with van der Waals surface area (Å²) in [7, 11) is -2.11. The van der Waals surface area contributed by atoms with Crippen molar-refractivity contribution in [1.82, 2.24) is 0 Å². The van der Waals surface area contributed by atoms with Crippen molar-refractivity contribution in [2.75, 3.05) is 43.0 Å². The highest BCUT2D eigenvalue weighted by Gasteiger charge is 2.20. The first-order valence-electron chi connectivity index (χ1n) is 8.51. The minimum Gasteiger partial charge on any atom is -0.496 e. The van der Waals surface area contributed by atoms with E-state index in [1.807, 2.05) is 25.1 Å². The number of ether oxygens (including phenoxy) is 2. The minimum atomic E-state index is -3.69. The standard InChI is InChI=1S/C19H24N2O4S/c1-14-12-19(15(2)11-18(14)24-3)26(22,23)20-16-5-4-6-17(13-16)21-7-9-25-10-8-21/h4-6,11-13,20H,7-10H2,1-3H3. The molecule has 140 valence electrons. The Bertz CT molecular complexity index is 890. The molecule has 0 aromatic heterocycles. The van der Waals surface area contributed by atoms with Crippen LogP contribution in [0.4, 0.5) is 11.4 Å². The van der Waals surface area contributed by atoms with Crippen LogP contribution >= 0.6 is 0 Å². The quantitative estimate of drug-likeness (QED) is 0.869. The van der Waals surface area contributed by atoms with Crippen molar-refractivity contribution in [2.45, 2.75) is 18.7 Å². The van der Waals surface area contributed by atoms with Gasteiger partial charge in [-0.05, 0) is 55.3 Å². The third-order valence-electron chi connectivity index (χ3n) is 4.46. The molecule has 1 fully saturated rings. The third kappa shape index (κ3) is 3.94. The summed E-state index contributed by atoms with van der Waals surface area (Å²) in [4.78, 5) is 2.44. The van der Waals surface area contributed by atoms with Crippen LogP contribution in [-0.4, -0.2) is 41.8 Å². The van der Waals surface area contributed by atoms with Gasteiger partial charge in [0.15, 0.2) is 0 Å². The van der Waals surface area contributed by atoms with Gasteiger partial charge >= 0.3 is 0 Å². The fourth-order valence-electron chi connectivity index (χ4n) is 3.07. The van der Waals surface area contributed by atoms with Gasteiger partial charge in [-0.2, -0.15) is 0 Å². The average molecular weight is 376 g/mol. The maximum atomic E-state index is 12.9. The SMILES string of the molecule is COc1cc(C)c(S(=O)(=O)Nc2cccc(N3CCOCC3)c2)cc1C. The summed E-state index contributed by atoms with van der Waals surface area (Å²) in [6.07, 6.45) is 0. The first kappa shape index (κ1) is 18.5. The van der Waals surface area contributed by atoms with E-state index in [1.165, 1.54) is 0 Å². The maximum absolute atomic E-state index is 12.9. The molecule has 3 rings (SSSR count). The van der Waals surface area contributed by atoms with E-state index in [9.17, 15) is 8.42 Å². The molecule has 2 aromatic carbocycles. The molecule has 26 heavy (non-hydrogen) atoms. The number of aryl methyl sites for hydroxylation is 2. The summed E-state index contributed by atoms with van der Waals surface area (Å²) in [5, 5.41) is 0. The Balaban J connectivity index is 1.87. The topological polar surface area (TPSA) is 67.9 Å². The fourth-order valence-corrected chi connectivity index (χ4v) is 4.43. The number of methoxy groups -OCH3 is 1. The summed E-state index contributed by atoms with van der Waals surface area (Å²) in [5.74, 6) is 0.677. The van der Waals surface area contributed by atoms with E-state index in [0.717, 1.165) is 24.3 Å². The molecule has 0 bridgehead atoms. The summed E-state index contributed by atoms with van der Waals surface area (Å²) < 4.78 is 39.1. The van der Waals surface area contributed by atoms with Gasteiger partial charge in [0.25, 0.3) is 10.0 Å². The number of benzene rings is 2. The highest BCUT2D eigenvalue weighted by atomic mass is 32.2. The molecule has 0 unspecified atom stereocenters. The van der Waals surface area contributed by atoms with Crippen molar-refractivity contribution >= 4 is 21.4 Å². The van der Waals surface area contributed by atoms with Gasteiger partial charge in [-0.1, -0.05) is 6.07 Å². The zero-order chi connectivity index (χ0) is 18.7. The number of morpholine rings is 1. The van der Waals surface area contributed by atoms with Gasteiger partial charge in [-0.25, -0.2) is 8.42 Å². The van der Waals surface area contributed by atoms with Gasteiger partial charge in [0.2, 0.25) is 0 Å². The van der Waals surface area contributed by atoms with Crippen molar-refractivity contribution in [3.63, 3.8) is 0 Å². The van der Waals surface area contributed by atoms with E-state index in [1.54, 1.807) is 32.2 Å². The van der Waals surface area contributed by atoms with Crippen LogP contribution < -0.4 is 14.4 Å². The predicted octanol–water partition coefficient (Wildman–Crippen LogP) is 2.95. The van der Waals surface area contributed by atoms with Crippen molar-refractivity contribution in [1.29, 1.82) is 0 Å². The van der Waals surface area contributed by atoms with E-state index >= 15 is 0 Å². The first-order chi connectivity index (χ1) is 12.4. The Morgan fingerprint density at radius 3 is 2.50 bits per heavy atom. The number of nitrogens with one attached hydrogen (secondary N) is 1. The van der Waals surface area contributed by atoms with E-state index in [-0.39, 0.29) is 4.90 Å². The molecule has 2 aromatic rings. The van der Waals surface area contributed by atoms with Gasteiger partial charge in [0.05, 0.1) is 30.9 Å². The molecule has 1 aliphatic heterocycles. The van der Waals surface area contributed by atoms with Crippen LogP contribution in [0.1, 0.15) is 11.1 Å². The molecule has 0 atom stereocenters. The maximum Gasteiger partial charge on any atom is 0.262 e. The summed E-state index contributed by atoms with van der Waals surface area (Å²) in [6.45, 7) is 6.55. The highest BCUT2D eigenvalue weighted by molar-refractivity contribution is 7.92. The molecule has 1 heterocycles. The van der Waals surface area contributed by atoms with Gasteiger partial charge in [0.1, 0.15) is 5.75 Å². The van der Waals surface area contributed by atoms with Gasteiger partial charge in [-0.3, -0.25) is 4.72 Å². The molecule has 1 N–H and O–H groups in total. The summed E-state index contributed by atoms with van der Waals surface area (Å²) in [6, 6.07) is 10.8. The highest BCUT2D eigenvalue weighted by Crippen LogP contribution is 2.28. The van der Waals surface area contributed by atoms with Crippen LogP contribution in [0, 0.1) is 13.8 Å². The van der Waals surface area contributed by atoms with Gasteiger partial charge in [-0.15, -0.1) is 0 Å². The molecule has 0 saturated carbocycles. The lowest BCUT2D eigenvalue weighted by Crippen LogP contribution is -2.36. The second kappa shape index (κ2) is 7.55. The normalized spacial score (nSPS) is 15.0. The molecule has 6 nitrogen and oxygen atoms in total. The van der Waals surface area contributed by atoms with Crippen LogP contribution in [-0.2, 0) is 14.8 Å². The van der Waals surface area contributed by atoms with Crippen LogP contribution in [0.2, 0.25) is 0 Å². The Morgan fingerprint density at radius 1 is 1.08 bits per heavy atom. The number of sulfonamides is 1. The lowest BCUT2D eigenvalue weighted by Gasteiger charge is -2.29. The first-order valence-corrected chi connectivity index (χ1v) is 10.00. The number of anilines is 2. The second-order valence-electron chi connectivity index (χ2n) is 6.34. The van der Waals surface area contributed by atoms with E-state index < -0.39 is 10.0 Å². The van der Waals surface area contributed by atoms with Crippen LogP contribution in [0.15, 0.2) is 41.3 Å². The lowest BCUT2D eigenvalue weighted by molar-refractivity contribution is 0.122. The number of hydrogen-bond donors (Lipinski definition) is 1. The van der Waals surface area contributed by atoms with E-state index in [0.29, 0.717) is 30.2 Å². The molecule has 0 amide bonds. The predicted molar refractivity (Wildman–Crippen MR) is 103 cm³/mol. The zero-order valence-electron chi connectivity index (χ0n) is 15.3. The Labute approximate surface area is 154 Å². The van der Waals surface area contributed by atoms with Crippen molar-refractivity contribution in [3.8, 4) is 5.75 Å². The summed E-state index contributed by atoms with van der Waals surface area (Å²) >= 11 is 0. The van der Waals surface area contributed by atoms with Crippen molar-refractivity contribution in [2.24, 2.45) is 0 Å². The minimum absolute atomic E-state index is 0.257. The smallest absolute Gasteiger partial charge is 0.262 e. The molecule has 1 saturated heterocycles. The average Bonchev–Trinajstić information content (AvgIpc) is 2.63. The van der Waals surface area contributed by atoms with Crippen LogP contribution in [0.3, 0.4) is 0 Å². The Kier molecular flexibility index (Phi) is 5.38. The number of hydrogen-bond acceptors (Lipinski definition) is 5. The van der Waals surface area contributed by atoms with Crippen molar-refractivity contribution < 1.29 is 17.9 Å². The number of rotatable bonds is 5. The third-order valence-corrected chi connectivity index (χ3v) is 5.98. The fraction of sp³-hybridized carbons (Fsp3) is 0.368. The molecule has 0 spiro atoms. The summed E-state index contributed by atoms with van der Waals surface area (Å²) in [5.41, 5.74) is 2.95. The van der Waals surface area contributed by atoms with Gasteiger partial charge in [0, 0.05) is 18.8 Å². The van der Waals surface area contributed by atoms with Crippen LogP contribution in [0.5, 0.6) is 5.75 Å². The second-order valence-corrected chi connectivity index (χ2v) is 7.99. The molecular formula is C19H24N2O4S. The molecule has 0 radical (unpaired) electrons. The Hall–Kier alpha value is -2.25.